The van der Waals surface area contributed by atoms with E-state index in [2.05, 4.69) is 0 Å². The van der Waals surface area contributed by atoms with Crippen molar-refractivity contribution < 1.29 is 34.2 Å². The first-order chi connectivity index (χ1) is 12.9. The maximum Gasteiger partial charge on any atom is 0.522 e. The van der Waals surface area contributed by atoms with Crippen LogP contribution in [0.4, 0.5) is 0 Å². The summed E-state index contributed by atoms with van der Waals surface area (Å²) in [6.07, 6.45) is 2.29. The van der Waals surface area contributed by atoms with Crippen molar-refractivity contribution in [2.45, 2.75) is 44.2 Å². The molecule has 144 valence electrons. The van der Waals surface area contributed by atoms with Gasteiger partial charge in [0.15, 0.2) is 0 Å². The van der Waals surface area contributed by atoms with Crippen molar-refractivity contribution in [2.24, 2.45) is 5.92 Å². The quantitative estimate of drug-likeness (QED) is 0.658. The number of aromatic carboxylic acids is 1. The number of aliphatic hydroxyl groups is 1. The van der Waals surface area contributed by atoms with E-state index in [1.165, 1.54) is 0 Å². The molecule has 1 aromatic rings. The Morgan fingerprint density at radius 2 is 2.04 bits per heavy atom. The number of amides is 1. The number of carboxylic acid groups (broad SMARTS) is 1. The summed E-state index contributed by atoms with van der Waals surface area (Å²) in [7, 11) is -1.03. The summed E-state index contributed by atoms with van der Waals surface area (Å²) in [6.45, 7) is 0.726. The molecule has 1 saturated heterocycles. The zero-order chi connectivity index (χ0) is 19.1. The number of nitrogens with zero attached hydrogens (tertiary/aromatic N) is 1. The van der Waals surface area contributed by atoms with Gasteiger partial charge < -0.3 is 29.5 Å². The number of fused-ring (bicyclic) bond motifs is 1. The third-order valence-electron chi connectivity index (χ3n) is 5.58. The van der Waals surface area contributed by atoms with Gasteiger partial charge in [0.1, 0.15) is 23.2 Å². The Kier molecular flexibility index (Phi) is 4.73. The number of aliphatic hydroxyl groups excluding tert-OH is 1. The van der Waals surface area contributed by atoms with Gasteiger partial charge in [-0.1, -0.05) is 6.07 Å². The molecule has 1 saturated carbocycles. The van der Waals surface area contributed by atoms with Gasteiger partial charge >= 0.3 is 13.1 Å². The van der Waals surface area contributed by atoms with Crippen LogP contribution in [0.15, 0.2) is 12.1 Å². The normalized spacial score (nSPS) is 24.8. The number of carbonyl (C=O) groups is 2. The number of hydrogen-bond acceptors (Lipinski definition) is 6. The Bertz CT molecular complexity index is 764. The van der Waals surface area contributed by atoms with Crippen LogP contribution in [0.25, 0.3) is 0 Å². The van der Waals surface area contributed by atoms with E-state index >= 15 is 0 Å². The molecule has 0 unspecified atom stereocenters. The van der Waals surface area contributed by atoms with Gasteiger partial charge in [-0.3, -0.25) is 4.79 Å². The highest BCUT2D eigenvalue weighted by Gasteiger charge is 2.41. The molecule has 0 aromatic heterocycles. The molecule has 0 radical (unpaired) electrons. The average Bonchev–Trinajstić information content (AvgIpc) is 3.02. The van der Waals surface area contributed by atoms with Crippen molar-refractivity contribution in [3.8, 4) is 11.5 Å². The molecular weight excluding hydrogens is 353 g/mol. The molecule has 9 heteroatoms. The molecule has 2 heterocycles. The van der Waals surface area contributed by atoms with Crippen LogP contribution in [0, 0.1) is 5.92 Å². The molecule has 4 rings (SSSR count). The minimum atomic E-state index is -1.18. The van der Waals surface area contributed by atoms with Crippen LogP contribution in [-0.4, -0.2) is 64.4 Å². The molecule has 8 nitrogen and oxygen atoms in total. The number of rotatable bonds is 4. The highest BCUT2D eigenvalue weighted by molar-refractivity contribution is 6.44. The van der Waals surface area contributed by atoms with E-state index in [9.17, 15) is 24.8 Å². The van der Waals surface area contributed by atoms with E-state index in [0.29, 0.717) is 38.7 Å². The van der Waals surface area contributed by atoms with E-state index < -0.39 is 19.2 Å². The lowest BCUT2D eigenvalue weighted by Gasteiger charge is -2.41. The minimum absolute atomic E-state index is 0.0600. The minimum Gasteiger partial charge on any atom is -0.535 e. The fourth-order valence-electron chi connectivity index (χ4n) is 4.05. The highest BCUT2D eigenvalue weighted by atomic mass is 16.5. The molecule has 3 aliphatic rings. The molecular formula is C18H22BNO7. The Morgan fingerprint density at radius 1 is 1.26 bits per heavy atom. The molecule has 1 amide bonds. The SMILES string of the molecule is O=C(O)c1c(OC2CN(C(=O)[C@H]3CCC[C@H]3O)C2)ccc2c1OB(O)CC2. The largest absolute Gasteiger partial charge is 0.535 e. The predicted octanol–water partition coefficient (Wildman–Crippen LogP) is 0.551. The second kappa shape index (κ2) is 7.05. The van der Waals surface area contributed by atoms with Gasteiger partial charge in [-0.25, -0.2) is 4.79 Å². The van der Waals surface area contributed by atoms with Gasteiger partial charge in [0.25, 0.3) is 0 Å². The molecule has 2 aliphatic heterocycles. The fourth-order valence-corrected chi connectivity index (χ4v) is 4.05. The second-order valence-electron chi connectivity index (χ2n) is 7.43. The molecule has 2 atom stereocenters. The van der Waals surface area contributed by atoms with Crippen LogP contribution < -0.4 is 9.39 Å². The number of ether oxygens (including phenoxy) is 1. The Hall–Kier alpha value is -2.26. The Labute approximate surface area is 156 Å². The van der Waals surface area contributed by atoms with Crippen molar-refractivity contribution in [1.82, 2.24) is 4.90 Å². The second-order valence-corrected chi connectivity index (χ2v) is 7.43. The van der Waals surface area contributed by atoms with E-state index in [4.69, 9.17) is 9.39 Å². The van der Waals surface area contributed by atoms with Gasteiger partial charge in [-0.15, -0.1) is 0 Å². The molecule has 3 N–H and O–H groups in total. The smallest absolute Gasteiger partial charge is 0.522 e. The van der Waals surface area contributed by atoms with E-state index in [0.717, 1.165) is 12.0 Å². The lowest BCUT2D eigenvalue weighted by Crippen LogP contribution is -2.58. The summed E-state index contributed by atoms with van der Waals surface area (Å²) in [4.78, 5) is 25.8. The maximum atomic E-state index is 12.4. The first-order valence-electron chi connectivity index (χ1n) is 9.31. The van der Waals surface area contributed by atoms with E-state index in [1.807, 2.05) is 0 Å². The zero-order valence-electron chi connectivity index (χ0n) is 14.8. The number of likely N-dealkylation sites (tertiary alicyclic amines) is 1. The summed E-state index contributed by atoms with van der Waals surface area (Å²) in [5.41, 5.74) is 0.632. The highest BCUT2D eigenvalue weighted by Crippen LogP contribution is 2.37. The van der Waals surface area contributed by atoms with Crippen LogP contribution in [0.1, 0.15) is 35.2 Å². The predicted molar refractivity (Wildman–Crippen MR) is 94.9 cm³/mol. The lowest BCUT2D eigenvalue weighted by atomic mass is 9.78. The Balaban J connectivity index is 1.44. The third-order valence-corrected chi connectivity index (χ3v) is 5.58. The summed E-state index contributed by atoms with van der Waals surface area (Å²) >= 11 is 0. The fraction of sp³-hybridized carbons (Fsp3) is 0.556. The van der Waals surface area contributed by atoms with Crippen LogP contribution in [0.5, 0.6) is 11.5 Å². The number of benzene rings is 1. The van der Waals surface area contributed by atoms with Gasteiger partial charge in [0, 0.05) is 0 Å². The zero-order valence-corrected chi connectivity index (χ0v) is 14.8. The van der Waals surface area contributed by atoms with E-state index in [1.54, 1.807) is 17.0 Å². The van der Waals surface area contributed by atoms with Gasteiger partial charge in [-0.2, -0.15) is 0 Å². The molecule has 2 fully saturated rings. The van der Waals surface area contributed by atoms with Crippen LogP contribution in [0.3, 0.4) is 0 Å². The monoisotopic (exact) mass is 375 g/mol. The first kappa shape index (κ1) is 18.1. The van der Waals surface area contributed by atoms with Crippen molar-refractivity contribution >= 4 is 19.0 Å². The van der Waals surface area contributed by atoms with Crippen LogP contribution in [0.2, 0.25) is 6.32 Å². The van der Waals surface area contributed by atoms with Gasteiger partial charge in [-0.05, 0) is 43.6 Å². The standard InChI is InChI=1S/C18H22BNO7/c21-13-3-1-2-12(13)17(22)20-8-11(9-20)26-14-5-4-10-6-7-19(25)27-16(10)15(14)18(23)24/h4-5,11-13,21,25H,1-3,6-9H2,(H,23,24)/t12-,13+/m0/s1. The molecule has 1 aromatic carbocycles. The Morgan fingerprint density at radius 3 is 2.70 bits per heavy atom. The maximum absolute atomic E-state index is 12.4. The van der Waals surface area contributed by atoms with Crippen molar-refractivity contribution in [3.63, 3.8) is 0 Å². The molecule has 0 bridgehead atoms. The van der Waals surface area contributed by atoms with Crippen molar-refractivity contribution in [1.29, 1.82) is 0 Å². The third kappa shape index (κ3) is 3.37. The van der Waals surface area contributed by atoms with Crippen molar-refractivity contribution in [3.05, 3.63) is 23.3 Å². The summed E-state index contributed by atoms with van der Waals surface area (Å²) in [5, 5.41) is 29.2. The number of carboxylic acids is 1. The van der Waals surface area contributed by atoms with Crippen molar-refractivity contribution in [2.75, 3.05) is 13.1 Å². The lowest BCUT2D eigenvalue weighted by molar-refractivity contribution is -0.147. The first-order valence-corrected chi connectivity index (χ1v) is 9.31. The number of aryl methyl sites for hydroxylation is 1. The molecule has 1 aliphatic carbocycles. The van der Waals surface area contributed by atoms with Crippen LogP contribution >= 0.6 is 0 Å². The average molecular weight is 375 g/mol. The summed E-state index contributed by atoms with van der Waals surface area (Å²) in [6, 6.07) is 3.36. The van der Waals surface area contributed by atoms with Crippen LogP contribution in [-0.2, 0) is 11.2 Å². The van der Waals surface area contributed by atoms with Gasteiger partial charge in [0.2, 0.25) is 5.91 Å². The van der Waals surface area contributed by atoms with Gasteiger partial charge in [0.05, 0.1) is 25.1 Å². The number of hydrogen-bond donors (Lipinski definition) is 3. The summed E-state index contributed by atoms with van der Waals surface area (Å²) < 4.78 is 11.2. The number of carbonyl (C=O) groups excluding carboxylic acids is 1. The molecule has 27 heavy (non-hydrogen) atoms. The topological polar surface area (TPSA) is 117 Å². The summed E-state index contributed by atoms with van der Waals surface area (Å²) in [5.74, 6) is -1.25. The molecule has 0 spiro atoms. The van der Waals surface area contributed by atoms with E-state index in [-0.39, 0.29) is 35.0 Å².